The van der Waals surface area contributed by atoms with Crippen molar-refractivity contribution < 1.29 is 27.5 Å². The van der Waals surface area contributed by atoms with E-state index in [0.29, 0.717) is 24.2 Å². The van der Waals surface area contributed by atoms with Crippen molar-refractivity contribution in [2.45, 2.75) is 36.1 Å². The molecule has 1 saturated carbocycles. The standard InChI is InChI=1S/C22H23N3O6S/c1-23-32(29,30)16-10-8-15(9-11-16)20(27)31-14-19(26)25-18-7-3-2-6-17(18)24-21(28)22(25)12-4-5-13-22/h2-3,6-11,23H,4-5,12-14H2,1H3,(H,24,28). The largest absolute Gasteiger partial charge is 0.452 e. The average Bonchev–Trinajstić information content (AvgIpc) is 3.28. The fourth-order valence-corrected chi connectivity index (χ4v) is 5.02. The van der Waals surface area contributed by atoms with Gasteiger partial charge in [-0.15, -0.1) is 0 Å². The minimum Gasteiger partial charge on any atom is -0.452 e. The highest BCUT2D eigenvalue weighted by Crippen LogP contribution is 2.45. The van der Waals surface area contributed by atoms with Crippen molar-refractivity contribution in [1.82, 2.24) is 4.72 Å². The van der Waals surface area contributed by atoms with Crippen molar-refractivity contribution >= 4 is 39.2 Å². The molecule has 2 N–H and O–H groups in total. The number of fused-ring (bicyclic) bond motifs is 1. The molecule has 1 aliphatic carbocycles. The second kappa shape index (κ2) is 8.36. The number of esters is 1. The zero-order chi connectivity index (χ0) is 22.9. The molecule has 1 heterocycles. The van der Waals surface area contributed by atoms with E-state index in [0.717, 1.165) is 12.8 Å². The van der Waals surface area contributed by atoms with Gasteiger partial charge in [0.05, 0.1) is 21.8 Å². The molecule has 0 saturated heterocycles. The summed E-state index contributed by atoms with van der Waals surface area (Å²) in [6.07, 6.45) is 2.71. The molecule has 1 fully saturated rings. The minimum atomic E-state index is -3.63. The Morgan fingerprint density at radius 1 is 1.09 bits per heavy atom. The number of sulfonamides is 1. The Labute approximate surface area is 185 Å². The zero-order valence-corrected chi connectivity index (χ0v) is 18.3. The summed E-state index contributed by atoms with van der Waals surface area (Å²) >= 11 is 0. The molecule has 2 aromatic carbocycles. The van der Waals surface area contributed by atoms with Gasteiger partial charge in [0.15, 0.2) is 6.61 Å². The van der Waals surface area contributed by atoms with Gasteiger partial charge in [0, 0.05) is 0 Å². The van der Waals surface area contributed by atoms with Crippen molar-refractivity contribution in [3.05, 3.63) is 54.1 Å². The Morgan fingerprint density at radius 2 is 1.75 bits per heavy atom. The predicted octanol–water partition coefficient (Wildman–Crippen LogP) is 2.05. The number of ether oxygens (including phenoxy) is 1. The Kier molecular flexibility index (Phi) is 5.74. The molecule has 32 heavy (non-hydrogen) atoms. The van der Waals surface area contributed by atoms with Crippen LogP contribution in [0, 0.1) is 0 Å². The summed E-state index contributed by atoms with van der Waals surface area (Å²) in [5.74, 6) is -1.48. The van der Waals surface area contributed by atoms with Gasteiger partial charge in [-0.2, -0.15) is 0 Å². The number of carbonyl (C=O) groups is 3. The fraction of sp³-hybridized carbons (Fsp3) is 0.318. The second-order valence-corrected chi connectivity index (χ2v) is 9.63. The summed E-state index contributed by atoms with van der Waals surface area (Å²) in [4.78, 5) is 40.1. The number of hydrogen-bond donors (Lipinski definition) is 2. The molecule has 10 heteroatoms. The quantitative estimate of drug-likeness (QED) is 0.663. The van der Waals surface area contributed by atoms with Gasteiger partial charge in [-0.25, -0.2) is 17.9 Å². The van der Waals surface area contributed by atoms with Crippen molar-refractivity contribution in [1.29, 1.82) is 0 Å². The van der Waals surface area contributed by atoms with Crippen molar-refractivity contribution in [3.8, 4) is 0 Å². The summed E-state index contributed by atoms with van der Waals surface area (Å²) in [7, 11) is -2.34. The molecule has 168 valence electrons. The van der Waals surface area contributed by atoms with Crippen LogP contribution in [-0.4, -0.2) is 45.4 Å². The van der Waals surface area contributed by atoms with E-state index in [1.165, 1.54) is 36.2 Å². The molecule has 2 amide bonds. The average molecular weight is 458 g/mol. The molecule has 1 aliphatic heterocycles. The maximum Gasteiger partial charge on any atom is 0.338 e. The van der Waals surface area contributed by atoms with E-state index in [1.807, 2.05) is 0 Å². The lowest BCUT2D eigenvalue weighted by atomic mass is 9.90. The first kappa shape index (κ1) is 22.0. The molecular weight excluding hydrogens is 434 g/mol. The highest BCUT2D eigenvalue weighted by atomic mass is 32.2. The summed E-state index contributed by atoms with van der Waals surface area (Å²) in [6, 6.07) is 12.2. The first-order valence-electron chi connectivity index (χ1n) is 10.2. The molecule has 2 aliphatic rings. The maximum atomic E-state index is 13.2. The van der Waals surface area contributed by atoms with Gasteiger partial charge in [-0.05, 0) is 56.3 Å². The van der Waals surface area contributed by atoms with E-state index in [2.05, 4.69) is 10.0 Å². The molecule has 0 bridgehead atoms. The van der Waals surface area contributed by atoms with E-state index >= 15 is 0 Å². The number of benzene rings is 2. The number of para-hydroxylation sites is 2. The lowest BCUT2D eigenvalue weighted by Crippen LogP contribution is -2.61. The molecular formula is C22H23N3O6S. The van der Waals surface area contributed by atoms with Crippen LogP contribution in [0.25, 0.3) is 0 Å². The van der Waals surface area contributed by atoms with Crippen LogP contribution < -0.4 is 14.9 Å². The number of anilines is 2. The smallest absolute Gasteiger partial charge is 0.338 e. The molecule has 4 rings (SSSR count). The van der Waals surface area contributed by atoms with E-state index in [1.54, 1.807) is 24.3 Å². The number of amides is 2. The monoisotopic (exact) mass is 457 g/mol. The fourth-order valence-electron chi connectivity index (χ4n) is 4.29. The van der Waals surface area contributed by atoms with Gasteiger partial charge in [0.2, 0.25) is 10.0 Å². The van der Waals surface area contributed by atoms with E-state index in [-0.39, 0.29) is 16.4 Å². The molecule has 0 radical (unpaired) electrons. The normalized spacial score (nSPS) is 17.0. The number of nitrogens with one attached hydrogen (secondary N) is 2. The topological polar surface area (TPSA) is 122 Å². The van der Waals surface area contributed by atoms with E-state index in [9.17, 15) is 22.8 Å². The lowest BCUT2D eigenvalue weighted by Gasteiger charge is -2.44. The van der Waals surface area contributed by atoms with E-state index in [4.69, 9.17) is 4.74 Å². The second-order valence-electron chi connectivity index (χ2n) is 7.75. The SMILES string of the molecule is CNS(=O)(=O)c1ccc(C(=O)OCC(=O)N2c3ccccc3NC(=O)C23CCCC3)cc1. The summed E-state index contributed by atoms with van der Waals surface area (Å²) in [6.45, 7) is -0.543. The summed E-state index contributed by atoms with van der Waals surface area (Å²) in [5.41, 5.74) is 0.244. The van der Waals surface area contributed by atoms with Crippen LogP contribution in [0.5, 0.6) is 0 Å². The summed E-state index contributed by atoms with van der Waals surface area (Å²) < 4.78 is 31.0. The third kappa shape index (κ3) is 3.76. The van der Waals surface area contributed by atoms with Crippen LogP contribution in [0.4, 0.5) is 11.4 Å². The molecule has 2 aromatic rings. The number of carbonyl (C=O) groups excluding carboxylic acids is 3. The molecule has 0 aromatic heterocycles. The van der Waals surface area contributed by atoms with E-state index < -0.39 is 34.0 Å². The van der Waals surface area contributed by atoms with Crippen LogP contribution in [0.1, 0.15) is 36.0 Å². The highest BCUT2D eigenvalue weighted by molar-refractivity contribution is 7.89. The van der Waals surface area contributed by atoms with Crippen LogP contribution in [0.2, 0.25) is 0 Å². The first-order chi connectivity index (χ1) is 15.3. The van der Waals surface area contributed by atoms with Crippen molar-refractivity contribution in [3.63, 3.8) is 0 Å². The molecule has 0 atom stereocenters. The highest BCUT2D eigenvalue weighted by Gasteiger charge is 2.52. The maximum absolute atomic E-state index is 13.2. The van der Waals surface area contributed by atoms with Crippen LogP contribution in [0.15, 0.2) is 53.4 Å². The van der Waals surface area contributed by atoms with Gasteiger partial charge >= 0.3 is 5.97 Å². The third-order valence-corrected chi connectivity index (χ3v) is 7.35. The van der Waals surface area contributed by atoms with Crippen molar-refractivity contribution in [2.24, 2.45) is 0 Å². The Balaban J connectivity index is 1.53. The summed E-state index contributed by atoms with van der Waals surface area (Å²) in [5, 5.41) is 2.90. The van der Waals surface area contributed by atoms with Gasteiger partial charge in [0.1, 0.15) is 5.54 Å². The van der Waals surface area contributed by atoms with Gasteiger partial charge < -0.3 is 10.1 Å². The first-order valence-corrected chi connectivity index (χ1v) is 11.7. The molecule has 0 unspecified atom stereocenters. The van der Waals surface area contributed by atoms with Gasteiger partial charge in [-0.1, -0.05) is 25.0 Å². The Bertz CT molecular complexity index is 1170. The number of rotatable bonds is 5. The third-order valence-electron chi connectivity index (χ3n) is 5.92. The number of nitrogens with zero attached hydrogens (tertiary/aromatic N) is 1. The molecule has 1 spiro atoms. The van der Waals surface area contributed by atoms with Gasteiger partial charge in [0.25, 0.3) is 11.8 Å². The van der Waals surface area contributed by atoms with Gasteiger partial charge in [-0.3, -0.25) is 14.5 Å². The molecule has 9 nitrogen and oxygen atoms in total. The van der Waals surface area contributed by atoms with Crippen LogP contribution in [-0.2, 0) is 24.3 Å². The van der Waals surface area contributed by atoms with Crippen LogP contribution in [0.3, 0.4) is 0 Å². The Morgan fingerprint density at radius 3 is 2.41 bits per heavy atom. The predicted molar refractivity (Wildman–Crippen MR) is 117 cm³/mol. The van der Waals surface area contributed by atoms with Crippen molar-refractivity contribution in [2.75, 3.05) is 23.9 Å². The Hall–Kier alpha value is -3.24. The minimum absolute atomic E-state index is 0.00624. The lowest BCUT2D eigenvalue weighted by molar-refractivity contribution is -0.129. The van der Waals surface area contributed by atoms with Crippen LogP contribution >= 0.6 is 0 Å². The number of hydrogen-bond acceptors (Lipinski definition) is 6. The zero-order valence-electron chi connectivity index (χ0n) is 17.5.